The van der Waals surface area contributed by atoms with Crippen LogP contribution in [0.4, 0.5) is 0 Å². The van der Waals surface area contributed by atoms with E-state index in [0.717, 1.165) is 6.07 Å². The first kappa shape index (κ1) is 10.3. The van der Waals surface area contributed by atoms with Gasteiger partial charge in [0.15, 0.2) is 0 Å². The van der Waals surface area contributed by atoms with Gasteiger partial charge in [0, 0.05) is 12.5 Å². The van der Waals surface area contributed by atoms with Crippen molar-refractivity contribution in [3.8, 4) is 11.5 Å². The molecule has 0 bridgehead atoms. The number of nitrogens with two attached hydrogens (primary N) is 1. The number of hydrogen-bond acceptors (Lipinski definition) is 4. The molecule has 1 aromatic rings. The van der Waals surface area contributed by atoms with Crippen LogP contribution in [0.2, 0.25) is 0 Å². The van der Waals surface area contributed by atoms with Crippen LogP contribution >= 0.6 is 0 Å². The Balaban J connectivity index is 2.82. The van der Waals surface area contributed by atoms with Crippen LogP contribution in [0, 0.1) is 0 Å². The van der Waals surface area contributed by atoms with E-state index >= 15 is 0 Å². The minimum Gasteiger partial charge on any atom is -0.508 e. The molecule has 0 saturated heterocycles. The van der Waals surface area contributed by atoms with E-state index in [4.69, 9.17) is 15.9 Å². The highest BCUT2D eigenvalue weighted by Gasteiger charge is 2.14. The standard InChI is InChI=1S/C9H11NO4/c10-7(9(13)14)3-5-1-2-6(11)4-8(5)12/h1-2,4,7,11-12H,3,10H2,(H,13,14)/t7-/m0/s1. The van der Waals surface area contributed by atoms with Gasteiger partial charge in [0.1, 0.15) is 17.5 Å². The Morgan fingerprint density at radius 2 is 2.07 bits per heavy atom. The summed E-state index contributed by atoms with van der Waals surface area (Å²) in [5.41, 5.74) is 5.68. The Morgan fingerprint density at radius 1 is 1.43 bits per heavy atom. The Hall–Kier alpha value is -1.75. The second kappa shape index (κ2) is 3.97. The number of aromatic hydroxyl groups is 2. The van der Waals surface area contributed by atoms with Crippen molar-refractivity contribution in [2.24, 2.45) is 5.73 Å². The van der Waals surface area contributed by atoms with Crippen molar-refractivity contribution in [2.75, 3.05) is 0 Å². The average molecular weight is 197 g/mol. The number of phenols is 2. The summed E-state index contributed by atoms with van der Waals surface area (Å²) in [7, 11) is 0. The summed E-state index contributed by atoms with van der Waals surface area (Å²) in [5, 5.41) is 26.8. The van der Waals surface area contributed by atoms with Crippen LogP contribution in [0.3, 0.4) is 0 Å². The van der Waals surface area contributed by atoms with Crippen molar-refractivity contribution in [3.63, 3.8) is 0 Å². The van der Waals surface area contributed by atoms with Crippen LogP contribution in [0.25, 0.3) is 0 Å². The topological polar surface area (TPSA) is 104 Å². The third kappa shape index (κ3) is 2.37. The fourth-order valence-electron chi connectivity index (χ4n) is 1.05. The lowest BCUT2D eigenvalue weighted by Gasteiger charge is -2.08. The van der Waals surface area contributed by atoms with Crippen LogP contribution in [0.15, 0.2) is 18.2 Å². The van der Waals surface area contributed by atoms with Gasteiger partial charge in [-0.15, -0.1) is 0 Å². The number of aliphatic carboxylic acids is 1. The van der Waals surface area contributed by atoms with E-state index in [1.54, 1.807) is 0 Å². The van der Waals surface area contributed by atoms with Gasteiger partial charge in [-0.3, -0.25) is 4.79 Å². The zero-order chi connectivity index (χ0) is 10.7. The first-order valence-corrected chi connectivity index (χ1v) is 4.00. The minimum atomic E-state index is -1.13. The van der Waals surface area contributed by atoms with Gasteiger partial charge in [-0.05, 0) is 11.6 Å². The molecule has 0 aliphatic heterocycles. The number of carbonyl (C=O) groups is 1. The van der Waals surface area contributed by atoms with Crippen molar-refractivity contribution < 1.29 is 20.1 Å². The highest BCUT2D eigenvalue weighted by atomic mass is 16.4. The van der Waals surface area contributed by atoms with Crippen LogP contribution < -0.4 is 5.73 Å². The van der Waals surface area contributed by atoms with E-state index in [1.807, 2.05) is 0 Å². The third-order valence-electron chi connectivity index (χ3n) is 1.83. The normalized spacial score (nSPS) is 12.4. The summed E-state index contributed by atoms with van der Waals surface area (Å²) in [6, 6.07) is 2.89. The van der Waals surface area contributed by atoms with E-state index < -0.39 is 12.0 Å². The Kier molecular flexibility index (Phi) is 2.93. The highest BCUT2D eigenvalue weighted by Crippen LogP contribution is 2.23. The van der Waals surface area contributed by atoms with Crippen LogP contribution in [-0.4, -0.2) is 27.3 Å². The van der Waals surface area contributed by atoms with Crippen LogP contribution in [0.5, 0.6) is 11.5 Å². The molecule has 0 unspecified atom stereocenters. The lowest BCUT2D eigenvalue weighted by atomic mass is 10.1. The first-order valence-electron chi connectivity index (χ1n) is 4.00. The summed E-state index contributed by atoms with van der Waals surface area (Å²) in [6.07, 6.45) is 0.0292. The lowest BCUT2D eigenvalue weighted by molar-refractivity contribution is -0.138. The quantitative estimate of drug-likeness (QED) is 0.548. The van der Waals surface area contributed by atoms with Crippen molar-refractivity contribution >= 4 is 5.97 Å². The molecule has 0 radical (unpaired) electrons. The molecular formula is C9H11NO4. The predicted molar refractivity (Wildman–Crippen MR) is 49.1 cm³/mol. The third-order valence-corrected chi connectivity index (χ3v) is 1.83. The van der Waals surface area contributed by atoms with Gasteiger partial charge in [0.05, 0.1) is 0 Å². The van der Waals surface area contributed by atoms with E-state index in [0.29, 0.717) is 5.56 Å². The fraction of sp³-hybridized carbons (Fsp3) is 0.222. The molecular weight excluding hydrogens is 186 g/mol. The molecule has 5 N–H and O–H groups in total. The number of hydrogen-bond donors (Lipinski definition) is 4. The maximum atomic E-state index is 10.4. The smallest absolute Gasteiger partial charge is 0.320 e. The molecule has 0 heterocycles. The number of carboxylic acids is 1. The van der Waals surface area contributed by atoms with Crippen molar-refractivity contribution in [1.29, 1.82) is 0 Å². The Morgan fingerprint density at radius 3 is 2.57 bits per heavy atom. The molecule has 0 fully saturated rings. The zero-order valence-corrected chi connectivity index (χ0v) is 7.34. The summed E-state index contributed by atoms with van der Waals surface area (Å²) in [5.74, 6) is -1.35. The SMILES string of the molecule is N[C@@H](Cc1ccc(O)cc1O)C(=O)O. The van der Waals surface area contributed by atoms with Gasteiger partial charge in [0.25, 0.3) is 0 Å². The second-order valence-corrected chi connectivity index (χ2v) is 2.96. The van der Waals surface area contributed by atoms with Gasteiger partial charge < -0.3 is 21.1 Å². The molecule has 0 aromatic heterocycles. The summed E-state index contributed by atoms with van der Waals surface area (Å²) in [6.45, 7) is 0. The van der Waals surface area contributed by atoms with Crippen molar-refractivity contribution in [2.45, 2.75) is 12.5 Å². The van der Waals surface area contributed by atoms with Gasteiger partial charge in [0.2, 0.25) is 0 Å². The molecule has 14 heavy (non-hydrogen) atoms. The minimum absolute atomic E-state index is 0.0292. The molecule has 5 heteroatoms. The monoisotopic (exact) mass is 197 g/mol. The van der Waals surface area contributed by atoms with E-state index in [-0.39, 0.29) is 17.9 Å². The number of carboxylic acid groups (broad SMARTS) is 1. The maximum Gasteiger partial charge on any atom is 0.320 e. The molecule has 0 aliphatic rings. The fourth-order valence-corrected chi connectivity index (χ4v) is 1.05. The van der Waals surface area contributed by atoms with Gasteiger partial charge >= 0.3 is 5.97 Å². The summed E-state index contributed by atoms with van der Waals surface area (Å²) < 4.78 is 0. The van der Waals surface area contributed by atoms with Crippen LogP contribution in [-0.2, 0) is 11.2 Å². The van der Waals surface area contributed by atoms with Gasteiger partial charge in [-0.1, -0.05) is 6.07 Å². The van der Waals surface area contributed by atoms with Gasteiger partial charge in [-0.25, -0.2) is 0 Å². The summed E-state index contributed by atoms with van der Waals surface area (Å²) in [4.78, 5) is 10.4. The number of benzene rings is 1. The van der Waals surface area contributed by atoms with E-state index in [9.17, 15) is 9.90 Å². The predicted octanol–water partition coefficient (Wildman–Crippen LogP) is 0.0522. The molecule has 0 aliphatic carbocycles. The van der Waals surface area contributed by atoms with Crippen molar-refractivity contribution in [1.82, 2.24) is 0 Å². The van der Waals surface area contributed by atoms with Crippen LogP contribution in [0.1, 0.15) is 5.56 Å². The molecule has 0 amide bonds. The molecule has 1 aromatic carbocycles. The molecule has 1 rings (SSSR count). The molecule has 5 nitrogen and oxygen atoms in total. The zero-order valence-electron chi connectivity index (χ0n) is 7.34. The number of rotatable bonds is 3. The largest absolute Gasteiger partial charge is 0.508 e. The second-order valence-electron chi connectivity index (χ2n) is 2.96. The number of phenolic OH excluding ortho intramolecular Hbond substituents is 2. The lowest BCUT2D eigenvalue weighted by Crippen LogP contribution is -2.32. The Bertz CT molecular complexity index is 351. The van der Waals surface area contributed by atoms with Crippen molar-refractivity contribution in [3.05, 3.63) is 23.8 Å². The van der Waals surface area contributed by atoms with E-state index in [2.05, 4.69) is 0 Å². The Labute approximate surface area is 80.4 Å². The van der Waals surface area contributed by atoms with E-state index in [1.165, 1.54) is 12.1 Å². The molecule has 76 valence electrons. The highest BCUT2D eigenvalue weighted by molar-refractivity contribution is 5.73. The molecule has 1 atom stereocenters. The maximum absolute atomic E-state index is 10.4. The molecule has 0 saturated carbocycles. The molecule has 0 spiro atoms. The first-order chi connectivity index (χ1) is 6.50. The average Bonchev–Trinajstić information content (AvgIpc) is 2.09. The summed E-state index contributed by atoms with van der Waals surface area (Å²) >= 11 is 0. The van der Waals surface area contributed by atoms with Gasteiger partial charge in [-0.2, -0.15) is 0 Å².